The maximum absolute atomic E-state index is 12.7. The molecule has 0 aliphatic heterocycles. The maximum atomic E-state index is 12.7. The molecule has 0 unspecified atom stereocenters. The van der Waals surface area contributed by atoms with Gasteiger partial charge in [0, 0.05) is 11.1 Å². The Balaban J connectivity index is 2.35. The zero-order chi connectivity index (χ0) is 14.7. The van der Waals surface area contributed by atoms with E-state index in [1.807, 2.05) is 0 Å². The lowest BCUT2D eigenvalue weighted by Crippen LogP contribution is -2.16. The topological polar surface area (TPSA) is 47.3 Å². The Bertz CT molecular complexity index is 800. The summed E-state index contributed by atoms with van der Waals surface area (Å²) in [6, 6.07) is 5.46. The third-order valence-corrected chi connectivity index (χ3v) is 3.17. The van der Waals surface area contributed by atoms with E-state index < -0.39 is 23.3 Å². The fourth-order valence-electron chi connectivity index (χ4n) is 2.28. The van der Waals surface area contributed by atoms with Crippen molar-refractivity contribution in [2.45, 2.75) is 13.1 Å². The van der Waals surface area contributed by atoms with Crippen molar-refractivity contribution in [1.29, 1.82) is 0 Å². The van der Waals surface area contributed by atoms with Gasteiger partial charge in [0.25, 0.3) is 0 Å². The van der Waals surface area contributed by atoms with Crippen molar-refractivity contribution in [2.24, 2.45) is 0 Å². The van der Waals surface area contributed by atoms with Gasteiger partial charge in [0.2, 0.25) is 11.5 Å². The summed E-state index contributed by atoms with van der Waals surface area (Å²) in [4.78, 5) is 23.7. The molecule has 20 heavy (non-hydrogen) atoms. The van der Waals surface area contributed by atoms with E-state index in [1.54, 1.807) is 19.1 Å². The zero-order valence-corrected chi connectivity index (χ0v) is 10.2. The summed E-state index contributed by atoms with van der Waals surface area (Å²) in [7, 11) is 0. The van der Waals surface area contributed by atoms with Gasteiger partial charge in [-0.2, -0.15) is 13.2 Å². The second kappa shape index (κ2) is 3.82. The van der Waals surface area contributed by atoms with Gasteiger partial charge in [-0.25, -0.2) is 4.79 Å². The summed E-state index contributed by atoms with van der Waals surface area (Å²) < 4.78 is 42.2. The molecule has 0 N–H and O–H groups in total. The van der Waals surface area contributed by atoms with E-state index in [2.05, 4.69) is 4.42 Å². The molecule has 3 rings (SSSR count). The van der Waals surface area contributed by atoms with Crippen molar-refractivity contribution in [3.05, 3.63) is 57.1 Å². The minimum absolute atomic E-state index is 0.0198. The van der Waals surface area contributed by atoms with Crippen LogP contribution in [-0.4, -0.2) is 5.78 Å². The Morgan fingerprint density at radius 1 is 1.00 bits per heavy atom. The van der Waals surface area contributed by atoms with Crippen LogP contribution in [0.3, 0.4) is 0 Å². The highest BCUT2D eigenvalue weighted by Crippen LogP contribution is 2.38. The maximum Gasteiger partial charge on any atom is 0.449 e. The molecule has 3 nitrogen and oxygen atoms in total. The molecule has 0 saturated heterocycles. The van der Waals surface area contributed by atoms with Crippen LogP contribution in [0, 0.1) is 6.92 Å². The largest absolute Gasteiger partial charge is 0.449 e. The molecule has 0 bridgehead atoms. The molecule has 0 saturated carbocycles. The van der Waals surface area contributed by atoms with Gasteiger partial charge < -0.3 is 4.42 Å². The Morgan fingerprint density at radius 3 is 2.35 bits per heavy atom. The van der Waals surface area contributed by atoms with Crippen LogP contribution in [0.2, 0.25) is 0 Å². The number of carbonyl (C=O) groups excluding carboxylic acids is 1. The Morgan fingerprint density at radius 2 is 1.70 bits per heavy atom. The van der Waals surface area contributed by atoms with Gasteiger partial charge in [0.05, 0.1) is 0 Å². The second-order valence-electron chi connectivity index (χ2n) is 4.56. The highest BCUT2D eigenvalue weighted by atomic mass is 19.4. The first kappa shape index (κ1) is 12.7. The molecule has 0 fully saturated rings. The minimum Gasteiger partial charge on any atom is -0.418 e. The van der Waals surface area contributed by atoms with Crippen molar-refractivity contribution in [3.63, 3.8) is 0 Å². The van der Waals surface area contributed by atoms with Gasteiger partial charge in [-0.15, -0.1) is 0 Å². The van der Waals surface area contributed by atoms with E-state index in [1.165, 1.54) is 6.07 Å². The van der Waals surface area contributed by atoms with Crippen molar-refractivity contribution < 1.29 is 22.4 Å². The van der Waals surface area contributed by atoms with Gasteiger partial charge in [0.1, 0.15) is 5.56 Å². The third-order valence-electron chi connectivity index (χ3n) is 3.17. The van der Waals surface area contributed by atoms with Crippen LogP contribution < -0.4 is 5.63 Å². The molecule has 6 heteroatoms. The normalized spacial score (nSPS) is 13.3. The Kier molecular flexibility index (Phi) is 2.41. The van der Waals surface area contributed by atoms with Crippen molar-refractivity contribution in [3.8, 4) is 11.1 Å². The van der Waals surface area contributed by atoms with Crippen molar-refractivity contribution in [2.75, 3.05) is 0 Å². The average Bonchev–Trinajstić information content (AvgIpc) is 2.62. The van der Waals surface area contributed by atoms with E-state index in [-0.39, 0.29) is 16.7 Å². The molecule has 102 valence electrons. The smallest absolute Gasteiger partial charge is 0.418 e. The van der Waals surface area contributed by atoms with Crippen molar-refractivity contribution >= 4 is 5.78 Å². The first-order valence-electron chi connectivity index (χ1n) is 5.70. The van der Waals surface area contributed by atoms with Gasteiger partial charge >= 0.3 is 11.8 Å². The van der Waals surface area contributed by atoms with Gasteiger partial charge in [0.15, 0.2) is 0 Å². The molecule has 0 spiro atoms. The predicted molar refractivity (Wildman–Crippen MR) is 63.6 cm³/mol. The number of fused-ring (bicyclic) bond motifs is 3. The predicted octanol–water partition coefficient (Wildman–Crippen LogP) is 3.18. The summed E-state index contributed by atoms with van der Waals surface area (Å²) in [6.07, 6.45) is -4.77. The molecule has 0 atom stereocenters. The van der Waals surface area contributed by atoms with Crippen LogP contribution in [0.25, 0.3) is 11.1 Å². The summed E-state index contributed by atoms with van der Waals surface area (Å²) in [5.41, 5.74) is -0.271. The highest BCUT2D eigenvalue weighted by molar-refractivity contribution is 6.21. The SMILES string of the molecule is Cc1ccc2c(c1)C(=O)c1c-2cc(C(F)(F)F)oc1=O. The third kappa shape index (κ3) is 1.68. The van der Waals surface area contributed by atoms with E-state index in [4.69, 9.17) is 0 Å². The second-order valence-corrected chi connectivity index (χ2v) is 4.56. The molecule has 2 aromatic rings. The summed E-state index contributed by atoms with van der Waals surface area (Å²) in [5, 5.41) is 0. The number of halogens is 3. The van der Waals surface area contributed by atoms with Crippen LogP contribution in [0.4, 0.5) is 13.2 Å². The van der Waals surface area contributed by atoms with E-state index in [0.717, 1.165) is 5.56 Å². The molecular weight excluding hydrogens is 273 g/mol. The van der Waals surface area contributed by atoms with E-state index in [0.29, 0.717) is 11.6 Å². The summed E-state index contributed by atoms with van der Waals surface area (Å²) in [5.74, 6) is -2.00. The van der Waals surface area contributed by atoms with E-state index >= 15 is 0 Å². The standard InChI is InChI=1S/C14H7F3O3/c1-6-2-3-7-8-5-10(14(15,16)17)20-13(19)11(8)12(18)9(7)4-6/h2-5H,1H3. The van der Waals surface area contributed by atoms with Crippen LogP contribution in [0.15, 0.2) is 33.5 Å². The van der Waals surface area contributed by atoms with Gasteiger partial charge in [-0.1, -0.05) is 17.7 Å². The average molecular weight is 280 g/mol. The number of ketones is 1. The fourth-order valence-corrected chi connectivity index (χ4v) is 2.28. The number of rotatable bonds is 0. The lowest BCUT2D eigenvalue weighted by molar-refractivity contribution is -0.154. The van der Waals surface area contributed by atoms with Crippen LogP contribution in [0.5, 0.6) is 0 Å². The van der Waals surface area contributed by atoms with Crippen molar-refractivity contribution in [1.82, 2.24) is 0 Å². The van der Waals surface area contributed by atoms with Gasteiger partial charge in [-0.3, -0.25) is 4.79 Å². The minimum atomic E-state index is -4.77. The lowest BCUT2D eigenvalue weighted by atomic mass is 10.0. The first-order chi connectivity index (χ1) is 9.29. The molecule has 0 amide bonds. The number of hydrogen-bond donors (Lipinski definition) is 0. The first-order valence-corrected chi connectivity index (χ1v) is 5.70. The molecular formula is C14H7F3O3. The number of aryl methyl sites for hydroxylation is 1. The fraction of sp³-hybridized carbons (Fsp3) is 0.143. The highest BCUT2D eigenvalue weighted by Gasteiger charge is 2.39. The molecule has 1 aliphatic rings. The summed E-state index contributed by atoms with van der Waals surface area (Å²) >= 11 is 0. The number of benzene rings is 1. The molecule has 1 aliphatic carbocycles. The molecule has 1 aromatic carbocycles. The van der Waals surface area contributed by atoms with Crippen LogP contribution in [-0.2, 0) is 6.18 Å². The summed E-state index contributed by atoms with van der Waals surface area (Å²) in [6.45, 7) is 1.75. The molecule has 0 radical (unpaired) electrons. The van der Waals surface area contributed by atoms with Gasteiger partial charge in [-0.05, 0) is 24.6 Å². The number of carbonyl (C=O) groups is 1. The Labute approximate surface area is 110 Å². The number of alkyl halides is 3. The van der Waals surface area contributed by atoms with Crippen LogP contribution >= 0.6 is 0 Å². The van der Waals surface area contributed by atoms with Crippen LogP contribution in [0.1, 0.15) is 27.2 Å². The Hall–Kier alpha value is -2.37. The molecule has 1 heterocycles. The number of hydrogen-bond acceptors (Lipinski definition) is 3. The molecule has 1 aromatic heterocycles. The lowest BCUT2D eigenvalue weighted by Gasteiger charge is -2.06. The zero-order valence-electron chi connectivity index (χ0n) is 10.2. The quantitative estimate of drug-likeness (QED) is 0.635. The van der Waals surface area contributed by atoms with E-state index in [9.17, 15) is 22.8 Å². The monoisotopic (exact) mass is 280 g/mol.